The second kappa shape index (κ2) is 25.8. The van der Waals surface area contributed by atoms with Crippen molar-refractivity contribution in [3.05, 3.63) is 34.4 Å². The molecule has 5 amide bonds. The molecule has 2 heterocycles. The first-order chi connectivity index (χ1) is 30.3. The van der Waals surface area contributed by atoms with Crippen LogP contribution >= 0.6 is 47.0 Å². The van der Waals surface area contributed by atoms with Gasteiger partial charge in [0, 0.05) is 70.9 Å². The van der Waals surface area contributed by atoms with Crippen LogP contribution in [0.5, 0.6) is 5.75 Å². The molecule has 4 unspecified atom stereocenters. The smallest absolute Gasteiger partial charge is 0.311 e. The van der Waals surface area contributed by atoms with Gasteiger partial charge in [0.1, 0.15) is 26.7 Å². The van der Waals surface area contributed by atoms with Gasteiger partial charge in [-0.3, -0.25) is 38.9 Å². The van der Waals surface area contributed by atoms with Gasteiger partial charge in [0.15, 0.2) is 0 Å². The largest absolute Gasteiger partial charge is 0.427 e. The van der Waals surface area contributed by atoms with Gasteiger partial charge in [-0.05, 0) is 76.3 Å². The zero-order valence-corrected chi connectivity index (χ0v) is 43.8. The minimum Gasteiger partial charge on any atom is -0.427 e. The topological polar surface area (TPSA) is 189 Å². The Morgan fingerprint density at radius 1 is 0.615 bits per heavy atom. The number of nitrogens with one attached hydrogen (secondary N) is 2. The molecule has 0 aromatic heterocycles. The van der Waals surface area contributed by atoms with Crippen LogP contribution in [0.4, 0.5) is 5.69 Å². The van der Waals surface area contributed by atoms with Gasteiger partial charge in [0.05, 0.1) is 19.5 Å². The molecule has 1 aromatic carbocycles. The molecule has 1 aromatic rings. The van der Waals surface area contributed by atoms with Crippen molar-refractivity contribution in [3.63, 3.8) is 0 Å². The molecule has 2 aliphatic heterocycles. The highest BCUT2D eigenvalue weighted by Crippen LogP contribution is 2.53. The Kier molecular flexibility index (Phi) is 22.3. The van der Waals surface area contributed by atoms with Crippen molar-refractivity contribution in [2.24, 2.45) is 23.7 Å². The van der Waals surface area contributed by atoms with Gasteiger partial charge in [-0.2, -0.15) is 0 Å². The molecule has 2 saturated heterocycles. The highest BCUT2D eigenvalue weighted by Gasteiger charge is 2.50. The third kappa shape index (κ3) is 18.8. The Morgan fingerprint density at radius 2 is 0.985 bits per heavy atom. The number of hydrogen-bond donors (Lipinski definition) is 2. The number of carbonyl (C=O) groups is 6. The average molecular weight is 983 g/mol. The molecular formula is C46H74N6O9S4. The average Bonchev–Trinajstić information content (AvgIpc) is 3.72. The van der Waals surface area contributed by atoms with Crippen molar-refractivity contribution in [3.8, 4) is 5.75 Å². The number of nitrogens with zero attached hydrogens (tertiary/aromatic N) is 4. The second-order valence-corrected chi connectivity index (χ2v) is 27.0. The molecule has 2 aliphatic rings. The van der Waals surface area contributed by atoms with Gasteiger partial charge >= 0.3 is 5.97 Å². The summed E-state index contributed by atoms with van der Waals surface area (Å²) in [4.78, 5) is 97.6. The third-order valence-corrected chi connectivity index (χ3v) is 16.9. The number of nitro groups is 1. The number of carbonyl (C=O) groups excluding carboxylic acids is 6. The van der Waals surface area contributed by atoms with Gasteiger partial charge in [-0.1, -0.05) is 55.4 Å². The molecule has 2 fully saturated rings. The Hall–Kier alpha value is -3.16. The predicted molar refractivity (Wildman–Crippen MR) is 266 cm³/mol. The highest BCUT2D eigenvalue weighted by molar-refractivity contribution is 8.23. The first kappa shape index (κ1) is 56.2. The van der Waals surface area contributed by atoms with Gasteiger partial charge in [0.25, 0.3) is 5.69 Å². The van der Waals surface area contributed by atoms with Gasteiger partial charge in [0.2, 0.25) is 29.5 Å². The van der Waals surface area contributed by atoms with Gasteiger partial charge < -0.3 is 30.1 Å². The van der Waals surface area contributed by atoms with Crippen molar-refractivity contribution in [1.82, 2.24) is 25.3 Å². The molecule has 19 heteroatoms. The van der Waals surface area contributed by atoms with Crippen LogP contribution in [-0.4, -0.2) is 137 Å². The third-order valence-electron chi connectivity index (χ3n) is 10.1. The summed E-state index contributed by atoms with van der Waals surface area (Å²) >= 11 is 6.02. The number of esters is 1. The van der Waals surface area contributed by atoms with E-state index in [1.807, 2.05) is 37.5 Å². The Balaban J connectivity index is 1.67. The number of benzene rings is 1. The molecule has 15 nitrogen and oxygen atoms in total. The fourth-order valence-electron chi connectivity index (χ4n) is 7.61. The van der Waals surface area contributed by atoms with Crippen molar-refractivity contribution in [2.45, 2.75) is 138 Å². The molecule has 0 spiro atoms. The molecule has 4 atom stereocenters. The number of amides is 5. The van der Waals surface area contributed by atoms with Crippen LogP contribution in [0.1, 0.15) is 109 Å². The van der Waals surface area contributed by atoms with Crippen molar-refractivity contribution in [2.75, 3.05) is 52.4 Å². The Labute approximate surface area is 404 Å². The molecule has 3 rings (SSSR count). The number of non-ortho nitro benzene ring substituents is 1. The van der Waals surface area contributed by atoms with Crippen LogP contribution in [-0.2, 0) is 28.8 Å². The zero-order chi connectivity index (χ0) is 48.8. The van der Waals surface area contributed by atoms with Crippen molar-refractivity contribution in [1.29, 1.82) is 0 Å². The van der Waals surface area contributed by atoms with Crippen LogP contribution in [0.2, 0.25) is 0 Å². The number of thioether (sulfide) groups is 4. The van der Waals surface area contributed by atoms with E-state index in [1.165, 1.54) is 71.3 Å². The summed E-state index contributed by atoms with van der Waals surface area (Å²) in [6.07, 6.45) is 0.391. The molecule has 0 radical (unpaired) electrons. The highest BCUT2D eigenvalue weighted by atomic mass is 32.2. The van der Waals surface area contributed by atoms with E-state index in [2.05, 4.69) is 66.0 Å². The number of ether oxygens (including phenoxy) is 1. The van der Waals surface area contributed by atoms with Crippen LogP contribution in [0.3, 0.4) is 0 Å². The Bertz CT molecular complexity index is 1690. The maximum absolute atomic E-state index is 13.9. The molecule has 65 heavy (non-hydrogen) atoms. The molecule has 2 N–H and O–H groups in total. The van der Waals surface area contributed by atoms with Crippen LogP contribution in [0.15, 0.2) is 24.3 Å². The minimum atomic E-state index is -0.676. The summed E-state index contributed by atoms with van der Waals surface area (Å²) in [7, 11) is 0. The fraction of sp³-hybridized carbons (Fsp3) is 0.739. The summed E-state index contributed by atoms with van der Waals surface area (Å²) in [5.41, 5.74) is -0.149. The lowest BCUT2D eigenvalue weighted by atomic mass is 10.1. The van der Waals surface area contributed by atoms with Crippen molar-refractivity contribution >= 4 is 88.2 Å². The minimum absolute atomic E-state index is 0.0260. The molecule has 0 aliphatic carbocycles. The van der Waals surface area contributed by atoms with Crippen molar-refractivity contribution < 1.29 is 38.4 Å². The van der Waals surface area contributed by atoms with E-state index in [0.29, 0.717) is 39.0 Å². The van der Waals surface area contributed by atoms with E-state index in [0.717, 1.165) is 0 Å². The molecule has 366 valence electrons. The second-order valence-electron chi connectivity index (χ2n) is 19.4. The lowest BCUT2D eigenvalue weighted by Gasteiger charge is -2.30. The number of hydrogen-bond acceptors (Lipinski definition) is 13. The Morgan fingerprint density at radius 3 is 1.34 bits per heavy atom. The van der Waals surface area contributed by atoms with Crippen LogP contribution in [0, 0.1) is 33.8 Å². The van der Waals surface area contributed by atoms with Crippen LogP contribution < -0.4 is 15.4 Å². The maximum Gasteiger partial charge on any atom is 0.311 e. The first-order valence-electron chi connectivity index (χ1n) is 22.9. The number of rotatable bonds is 25. The normalized spacial score (nSPS) is 19.9. The molecule has 0 saturated carbocycles. The quantitative estimate of drug-likeness (QED) is 0.0327. The van der Waals surface area contributed by atoms with E-state index in [1.54, 1.807) is 4.90 Å². The molecular weight excluding hydrogens is 909 g/mol. The zero-order valence-electron chi connectivity index (χ0n) is 40.5. The SMILES string of the molecule is CC(C)CN(CC(C)C)C(=O)C1SC(C)(C)SC1C(=O)NCCCN(CCCNC(=O)C1SC(C)(C)SC1C(=O)N(CC(C)C)CC(C)C)C(=O)CCC(=O)Oc1ccc([N+](=O)[O-])cc1. The summed E-state index contributed by atoms with van der Waals surface area (Å²) in [5.74, 6) is -0.269. The monoisotopic (exact) mass is 982 g/mol. The summed E-state index contributed by atoms with van der Waals surface area (Å²) < 4.78 is 4.64. The molecule has 0 bridgehead atoms. The maximum atomic E-state index is 13.9. The standard InChI is InChI=1S/C46H74N6O9S4/c1-29(2)25-50(26-30(3)4)43(57)39-37(62-45(9,10)64-39)41(55)47-21-13-23-49(35(53)19-20-36(54)61-34-17-15-33(16-18-34)52(59)60)24-14-22-48-42(56)38-40(65-46(11,12)63-38)44(58)51(27-31(5)6)28-32(7)8/h15-18,29-32,37-40H,13-14,19-28H2,1-12H3,(H,47,55)(H,48,56). The van der Waals surface area contributed by atoms with E-state index in [4.69, 9.17) is 4.74 Å². The van der Waals surface area contributed by atoms with E-state index in [9.17, 15) is 38.9 Å². The fourth-order valence-corrected chi connectivity index (χ4v) is 14.3. The predicted octanol–water partition coefficient (Wildman–Crippen LogP) is 7.31. The van der Waals surface area contributed by atoms with E-state index in [-0.39, 0.29) is 112 Å². The van der Waals surface area contributed by atoms with E-state index < -0.39 is 31.9 Å². The first-order valence-corrected chi connectivity index (χ1v) is 26.4. The lowest BCUT2D eigenvalue weighted by Crippen LogP contribution is -2.48. The van der Waals surface area contributed by atoms with Gasteiger partial charge in [-0.25, -0.2) is 0 Å². The summed E-state index contributed by atoms with van der Waals surface area (Å²) in [6, 6.07) is 5.08. The summed E-state index contributed by atoms with van der Waals surface area (Å²) in [6.45, 7) is 28.2. The lowest BCUT2D eigenvalue weighted by molar-refractivity contribution is -0.384. The summed E-state index contributed by atoms with van der Waals surface area (Å²) in [5, 5.41) is 14.8. The van der Waals surface area contributed by atoms with Gasteiger partial charge in [-0.15, -0.1) is 47.0 Å². The van der Waals surface area contributed by atoms with E-state index >= 15 is 0 Å². The van der Waals surface area contributed by atoms with Crippen LogP contribution in [0.25, 0.3) is 0 Å². The number of nitro benzene ring substituents is 1.